The van der Waals surface area contributed by atoms with Gasteiger partial charge in [0, 0.05) is 18.4 Å². The largest absolute Gasteiger partial charge is 0.366 e. The number of nitrogens with one attached hydrogen (secondary N) is 2. The average Bonchev–Trinajstić information content (AvgIpc) is 2.48. The molecule has 20 heavy (non-hydrogen) atoms. The highest BCUT2D eigenvalue weighted by Crippen LogP contribution is 2.21. The van der Waals surface area contributed by atoms with Gasteiger partial charge in [-0.25, -0.2) is 4.98 Å². The van der Waals surface area contributed by atoms with Crippen molar-refractivity contribution < 1.29 is 4.79 Å². The van der Waals surface area contributed by atoms with E-state index in [9.17, 15) is 4.79 Å². The van der Waals surface area contributed by atoms with Crippen molar-refractivity contribution in [3.8, 4) is 0 Å². The van der Waals surface area contributed by atoms with Crippen molar-refractivity contribution in [3.63, 3.8) is 0 Å². The minimum atomic E-state index is -0.469. The van der Waals surface area contributed by atoms with Gasteiger partial charge in [-0.05, 0) is 48.4 Å². The van der Waals surface area contributed by atoms with Gasteiger partial charge >= 0.3 is 0 Å². The third-order valence-corrected chi connectivity index (χ3v) is 3.41. The van der Waals surface area contributed by atoms with E-state index in [1.54, 1.807) is 12.1 Å². The Balaban J connectivity index is 1.78. The number of benzene rings is 1. The molecule has 3 rings (SSSR count). The summed E-state index contributed by atoms with van der Waals surface area (Å²) in [6.07, 6.45) is 2.55. The van der Waals surface area contributed by atoms with E-state index in [0.29, 0.717) is 11.4 Å². The molecule has 1 amide bonds. The number of rotatable bonds is 3. The molecule has 5 heteroatoms. The lowest BCUT2D eigenvalue weighted by Crippen LogP contribution is -2.23. The van der Waals surface area contributed by atoms with Crippen LogP contribution in [0.2, 0.25) is 0 Å². The van der Waals surface area contributed by atoms with Crippen LogP contribution >= 0.6 is 0 Å². The summed E-state index contributed by atoms with van der Waals surface area (Å²) in [7, 11) is 0. The van der Waals surface area contributed by atoms with Crippen molar-refractivity contribution in [2.75, 3.05) is 11.9 Å². The Morgan fingerprint density at radius 2 is 2.15 bits per heavy atom. The van der Waals surface area contributed by atoms with Gasteiger partial charge in [0.2, 0.25) is 5.91 Å². The van der Waals surface area contributed by atoms with Crippen molar-refractivity contribution in [1.29, 1.82) is 0 Å². The number of nitrogens with zero attached hydrogens (tertiary/aromatic N) is 1. The molecule has 0 saturated carbocycles. The molecule has 1 aliphatic heterocycles. The maximum Gasteiger partial charge on any atom is 0.250 e. The molecule has 0 bridgehead atoms. The summed E-state index contributed by atoms with van der Waals surface area (Å²) in [4.78, 5) is 15.2. The molecule has 0 spiro atoms. The molecule has 2 aromatic rings. The molecule has 1 aromatic carbocycles. The summed E-state index contributed by atoms with van der Waals surface area (Å²) in [5.74, 6) is 0.225. The number of nitrogens with two attached hydrogens (primary N) is 1. The van der Waals surface area contributed by atoms with E-state index < -0.39 is 5.91 Å². The SMILES string of the molecule is NC(=O)c1ccc(Nc2ccc3c(c2)CNCC3)nc1. The van der Waals surface area contributed by atoms with E-state index in [1.165, 1.54) is 17.3 Å². The molecule has 102 valence electrons. The van der Waals surface area contributed by atoms with E-state index in [2.05, 4.69) is 27.8 Å². The topological polar surface area (TPSA) is 80.0 Å². The summed E-state index contributed by atoms with van der Waals surface area (Å²) >= 11 is 0. The minimum absolute atomic E-state index is 0.408. The summed E-state index contributed by atoms with van der Waals surface area (Å²) in [6, 6.07) is 9.74. The Morgan fingerprint density at radius 3 is 2.90 bits per heavy atom. The molecule has 0 fully saturated rings. The first-order chi connectivity index (χ1) is 9.72. The molecule has 5 nitrogen and oxygen atoms in total. The zero-order valence-electron chi connectivity index (χ0n) is 11.0. The van der Waals surface area contributed by atoms with Gasteiger partial charge in [-0.1, -0.05) is 6.07 Å². The lowest BCUT2D eigenvalue weighted by atomic mass is 10.0. The van der Waals surface area contributed by atoms with Crippen LogP contribution in [0.4, 0.5) is 11.5 Å². The average molecular weight is 268 g/mol. The van der Waals surface area contributed by atoms with Crippen molar-refractivity contribution >= 4 is 17.4 Å². The van der Waals surface area contributed by atoms with Gasteiger partial charge in [0.15, 0.2) is 0 Å². The number of hydrogen-bond acceptors (Lipinski definition) is 4. The van der Waals surface area contributed by atoms with E-state index in [0.717, 1.165) is 25.2 Å². The summed E-state index contributed by atoms with van der Waals surface area (Å²) in [6.45, 7) is 1.94. The molecule has 2 heterocycles. The Hall–Kier alpha value is -2.40. The highest BCUT2D eigenvalue weighted by Gasteiger charge is 2.09. The normalized spacial score (nSPS) is 13.6. The van der Waals surface area contributed by atoms with Crippen LogP contribution in [0.3, 0.4) is 0 Å². The number of primary amides is 1. The fourth-order valence-corrected chi connectivity index (χ4v) is 2.32. The molecular weight excluding hydrogens is 252 g/mol. The second-order valence-electron chi connectivity index (χ2n) is 4.83. The quantitative estimate of drug-likeness (QED) is 0.789. The first-order valence-corrected chi connectivity index (χ1v) is 6.58. The molecule has 0 saturated heterocycles. The molecule has 4 N–H and O–H groups in total. The number of carbonyl (C=O) groups is 1. The highest BCUT2D eigenvalue weighted by atomic mass is 16.1. The number of anilines is 2. The van der Waals surface area contributed by atoms with Crippen LogP contribution in [0, 0.1) is 0 Å². The number of carbonyl (C=O) groups excluding carboxylic acids is 1. The maximum atomic E-state index is 11.0. The van der Waals surface area contributed by atoms with E-state index >= 15 is 0 Å². The fourth-order valence-electron chi connectivity index (χ4n) is 2.32. The van der Waals surface area contributed by atoms with Crippen LogP contribution in [-0.4, -0.2) is 17.4 Å². The van der Waals surface area contributed by atoms with Gasteiger partial charge in [-0.2, -0.15) is 0 Å². The smallest absolute Gasteiger partial charge is 0.250 e. The number of fused-ring (bicyclic) bond motifs is 1. The molecule has 1 aromatic heterocycles. The highest BCUT2D eigenvalue weighted by molar-refractivity contribution is 5.92. The van der Waals surface area contributed by atoms with Crippen LogP contribution < -0.4 is 16.4 Å². The fraction of sp³-hybridized carbons (Fsp3) is 0.200. The van der Waals surface area contributed by atoms with Crippen molar-refractivity contribution in [2.45, 2.75) is 13.0 Å². The second kappa shape index (κ2) is 5.30. The summed E-state index contributed by atoms with van der Waals surface area (Å²) < 4.78 is 0. The van der Waals surface area contributed by atoms with Crippen molar-refractivity contribution in [2.24, 2.45) is 5.73 Å². The number of hydrogen-bond donors (Lipinski definition) is 3. The van der Waals surface area contributed by atoms with Crippen LogP contribution in [0.1, 0.15) is 21.5 Å². The monoisotopic (exact) mass is 268 g/mol. The van der Waals surface area contributed by atoms with Gasteiger partial charge in [0.05, 0.1) is 5.56 Å². The van der Waals surface area contributed by atoms with E-state index in [-0.39, 0.29) is 0 Å². The van der Waals surface area contributed by atoms with Crippen LogP contribution in [0.25, 0.3) is 0 Å². The molecule has 0 radical (unpaired) electrons. The lowest BCUT2D eigenvalue weighted by molar-refractivity contribution is 0.1000. The van der Waals surface area contributed by atoms with Gasteiger partial charge in [0.25, 0.3) is 0 Å². The Labute approximate surface area is 117 Å². The lowest BCUT2D eigenvalue weighted by Gasteiger charge is -2.18. The zero-order valence-corrected chi connectivity index (χ0v) is 11.0. The number of pyridine rings is 1. The second-order valence-corrected chi connectivity index (χ2v) is 4.83. The predicted molar refractivity (Wildman–Crippen MR) is 77.9 cm³/mol. The summed E-state index contributed by atoms with van der Waals surface area (Å²) in [5.41, 5.74) is 9.30. The molecule has 0 atom stereocenters. The van der Waals surface area contributed by atoms with Gasteiger partial charge in [0.1, 0.15) is 5.82 Å². The zero-order chi connectivity index (χ0) is 13.9. The van der Waals surface area contributed by atoms with Gasteiger partial charge < -0.3 is 16.4 Å². The van der Waals surface area contributed by atoms with Crippen LogP contribution in [0.5, 0.6) is 0 Å². The predicted octanol–water partition coefficient (Wildman–Crippen LogP) is 1.57. The standard InChI is InChI=1S/C15H16N4O/c16-15(20)11-2-4-14(18-9-11)19-13-3-1-10-5-6-17-8-12(10)7-13/h1-4,7,9,17H,5-6,8H2,(H2,16,20)(H,18,19). The Bertz CT molecular complexity index is 637. The first kappa shape index (κ1) is 12.6. The number of aromatic nitrogens is 1. The van der Waals surface area contributed by atoms with E-state index in [1.807, 2.05) is 6.07 Å². The molecule has 1 aliphatic rings. The van der Waals surface area contributed by atoms with Crippen LogP contribution in [-0.2, 0) is 13.0 Å². The summed E-state index contributed by atoms with van der Waals surface area (Å²) in [5, 5.41) is 6.59. The Morgan fingerprint density at radius 1 is 1.25 bits per heavy atom. The maximum absolute atomic E-state index is 11.0. The third-order valence-electron chi connectivity index (χ3n) is 3.41. The van der Waals surface area contributed by atoms with Crippen molar-refractivity contribution in [1.82, 2.24) is 10.3 Å². The van der Waals surface area contributed by atoms with Crippen LogP contribution in [0.15, 0.2) is 36.5 Å². The molecule has 0 aliphatic carbocycles. The molecule has 0 unspecified atom stereocenters. The first-order valence-electron chi connectivity index (χ1n) is 6.58. The molecular formula is C15H16N4O. The number of amides is 1. The van der Waals surface area contributed by atoms with Gasteiger partial charge in [-0.3, -0.25) is 4.79 Å². The van der Waals surface area contributed by atoms with E-state index in [4.69, 9.17) is 5.73 Å². The Kier molecular flexibility index (Phi) is 3.35. The van der Waals surface area contributed by atoms with Crippen molar-refractivity contribution in [3.05, 3.63) is 53.2 Å². The minimum Gasteiger partial charge on any atom is -0.366 e. The van der Waals surface area contributed by atoms with Gasteiger partial charge in [-0.15, -0.1) is 0 Å². The third kappa shape index (κ3) is 2.62.